The van der Waals surface area contributed by atoms with Crippen molar-refractivity contribution < 1.29 is 45.8 Å². The zero-order valence-corrected chi connectivity index (χ0v) is 19.7. The first-order chi connectivity index (χ1) is 16.3. The standard InChI is InChI=1S/C24H24F6N2O4/c1-13-5-10-17-14(11-13)12-32(20(34)36-21(2,3)4)18(17)19(33)31-16-8-6-15(7-9-16)22(35,23(25,26)27)24(28,29)30/h5-11,18,35H,12H2,1-4H3,(H,31,33). The minimum atomic E-state index is -6.03. The third-order valence-electron chi connectivity index (χ3n) is 5.51. The molecule has 0 spiro atoms. The number of benzene rings is 2. The number of hydrogen-bond donors (Lipinski definition) is 2. The van der Waals surface area contributed by atoms with Gasteiger partial charge >= 0.3 is 18.4 Å². The number of amides is 2. The van der Waals surface area contributed by atoms with E-state index in [1.165, 1.54) is 4.90 Å². The van der Waals surface area contributed by atoms with Gasteiger partial charge in [0, 0.05) is 11.3 Å². The molecule has 0 aromatic heterocycles. The molecule has 1 aliphatic rings. The number of aryl methyl sites for hydroxylation is 1. The van der Waals surface area contributed by atoms with Crippen LogP contribution in [0.4, 0.5) is 36.8 Å². The zero-order chi connectivity index (χ0) is 27.3. The van der Waals surface area contributed by atoms with Crippen LogP contribution < -0.4 is 5.32 Å². The number of rotatable bonds is 3. The second-order valence-electron chi connectivity index (χ2n) is 9.49. The number of carbonyl (C=O) groups is 2. The first-order valence-electron chi connectivity index (χ1n) is 10.7. The molecule has 36 heavy (non-hydrogen) atoms. The fraction of sp³-hybridized carbons (Fsp3) is 0.417. The second kappa shape index (κ2) is 8.99. The van der Waals surface area contributed by atoms with E-state index in [0.29, 0.717) is 23.3 Å². The van der Waals surface area contributed by atoms with Gasteiger partial charge in [0.1, 0.15) is 11.6 Å². The first kappa shape index (κ1) is 27.3. The fourth-order valence-electron chi connectivity index (χ4n) is 3.85. The Hall–Kier alpha value is -3.28. The number of anilines is 1. The predicted octanol–water partition coefficient (Wildman–Crippen LogP) is 5.74. The predicted molar refractivity (Wildman–Crippen MR) is 117 cm³/mol. The van der Waals surface area contributed by atoms with Crippen LogP contribution in [0.25, 0.3) is 0 Å². The molecule has 0 fully saturated rings. The summed E-state index contributed by atoms with van der Waals surface area (Å²) >= 11 is 0. The molecule has 12 heteroatoms. The van der Waals surface area contributed by atoms with Crippen molar-refractivity contribution >= 4 is 17.7 Å². The molecule has 2 amide bonds. The van der Waals surface area contributed by atoms with Crippen LogP contribution in [0.1, 0.15) is 49.1 Å². The number of halogens is 6. The lowest BCUT2D eigenvalue weighted by molar-refractivity contribution is -0.376. The van der Waals surface area contributed by atoms with Crippen molar-refractivity contribution in [3.8, 4) is 0 Å². The van der Waals surface area contributed by atoms with Gasteiger partial charge in [-0.25, -0.2) is 4.79 Å². The number of nitrogens with zero attached hydrogens (tertiary/aromatic N) is 1. The summed E-state index contributed by atoms with van der Waals surface area (Å²) < 4.78 is 84.1. The summed E-state index contributed by atoms with van der Waals surface area (Å²) in [7, 11) is 0. The number of nitrogens with one attached hydrogen (secondary N) is 1. The number of aliphatic hydroxyl groups is 1. The van der Waals surface area contributed by atoms with Gasteiger partial charge in [-0.1, -0.05) is 35.9 Å². The van der Waals surface area contributed by atoms with Crippen molar-refractivity contribution in [1.29, 1.82) is 0 Å². The lowest BCUT2D eigenvalue weighted by Gasteiger charge is -2.32. The van der Waals surface area contributed by atoms with Crippen molar-refractivity contribution in [2.45, 2.75) is 63.8 Å². The highest BCUT2D eigenvalue weighted by Gasteiger charge is 2.71. The van der Waals surface area contributed by atoms with Gasteiger partial charge in [0.15, 0.2) is 0 Å². The van der Waals surface area contributed by atoms with Gasteiger partial charge in [-0.3, -0.25) is 9.69 Å². The van der Waals surface area contributed by atoms with Crippen LogP contribution in [0.2, 0.25) is 0 Å². The van der Waals surface area contributed by atoms with Gasteiger partial charge in [0.25, 0.3) is 11.5 Å². The van der Waals surface area contributed by atoms with E-state index in [9.17, 15) is 41.0 Å². The minimum absolute atomic E-state index is 0.0626. The van der Waals surface area contributed by atoms with Crippen LogP contribution in [-0.4, -0.2) is 40.0 Å². The van der Waals surface area contributed by atoms with E-state index in [1.807, 2.05) is 6.92 Å². The maximum atomic E-state index is 13.2. The number of alkyl halides is 6. The highest BCUT2D eigenvalue weighted by molar-refractivity contribution is 5.98. The molecule has 1 unspecified atom stereocenters. The van der Waals surface area contributed by atoms with Gasteiger partial charge in [-0.05, 0) is 51.0 Å². The quantitative estimate of drug-likeness (QED) is 0.509. The van der Waals surface area contributed by atoms with Crippen LogP contribution >= 0.6 is 0 Å². The van der Waals surface area contributed by atoms with Gasteiger partial charge in [0.05, 0.1) is 6.54 Å². The minimum Gasteiger partial charge on any atom is -0.444 e. The molecule has 0 radical (unpaired) electrons. The average molecular weight is 518 g/mol. The summed E-state index contributed by atoms with van der Waals surface area (Å²) in [5.41, 5.74) is -5.46. The zero-order valence-electron chi connectivity index (χ0n) is 19.7. The van der Waals surface area contributed by atoms with Gasteiger partial charge < -0.3 is 15.2 Å². The first-order valence-corrected chi connectivity index (χ1v) is 10.7. The summed E-state index contributed by atoms with van der Waals surface area (Å²) in [6, 6.07) is 6.50. The molecule has 2 aromatic carbocycles. The van der Waals surface area contributed by atoms with Crippen molar-refractivity contribution in [2.75, 3.05) is 5.32 Å². The van der Waals surface area contributed by atoms with Gasteiger partial charge in [0.2, 0.25) is 0 Å². The van der Waals surface area contributed by atoms with Crippen LogP contribution in [0.15, 0.2) is 42.5 Å². The maximum Gasteiger partial charge on any atom is 0.430 e. The molecule has 2 aromatic rings. The molecule has 6 nitrogen and oxygen atoms in total. The second-order valence-corrected chi connectivity index (χ2v) is 9.49. The average Bonchev–Trinajstić information content (AvgIpc) is 3.09. The third kappa shape index (κ3) is 5.13. The largest absolute Gasteiger partial charge is 0.444 e. The van der Waals surface area contributed by atoms with E-state index in [2.05, 4.69) is 5.32 Å². The molecule has 0 saturated carbocycles. The SMILES string of the molecule is Cc1ccc2c(c1)CN(C(=O)OC(C)(C)C)C2C(=O)Nc1ccc(C(O)(C(F)(F)F)C(F)(F)F)cc1. The smallest absolute Gasteiger partial charge is 0.430 e. The Bertz CT molecular complexity index is 1140. The van der Waals surface area contributed by atoms with Crippen molar-refractivity contribution in [3.05, 3.63) is 64.7 Å². The monoisotopic (exact) mass is 518 g/mol. The van der Waals surface area contributed by atoms with Crippen molar-refractivity contribution in [3.63, 3.8) is 0 Å². The van der Waals surface area contributed by atoms with Crippen molar-refractivity contribution in [2.24, 2.45) is 0 Å². The molecule has 1 aliphatic heterocycles. The van der Waals surface area contributed by atoms with Gasteiger partial charge in [-0.15, -0.1) is 0 Å². The Labute approximate surface area is 202 Å². The molecule has 3 rings (SSSR count). The molecular weight excluding hydrogens is 494 g/mol. The highest BCUT2D eigenvalue weighted by atomic mass is 19.4. The van der Waals surface area contributed by atoms with Gasteiger partial charge in [-0.2, -0.15) is 26.3 Å². The highest BCUT2D eigenvalue weighted by Crippen LogP contribution is 2.50. The summed E-state index contributed by atoms with van der Waals surface area (Å²) in [6.45, 7) is 6.84. The Morgan fingerprint density at radius 3 is 2.03 bits per heavy atom. The van der Waals surface area contributed by atoms with E-state index in [0.717, 1.165) is 17.7 Å². The summed E-state index contributed by atoms with van der Waals surface area (Å²) in [6.07, 6.45) is -12.8. The lowest BCUT2D eigenvalue weighted by Crippen LogP contribution is -2.53. The molecule has 1 atom stereocenters. The number of carbonyl (C=O) groups excluding carboxylic acids is 2. The van der Waals surface area contributed by atoms with E-state index in [1.54, 1.807) is 39.0 Å². The molecular formula is C24H24F6N2O4. The van der Waals surface area contributed by atoms with Crippen molar-refractivity contribution in [1.82, 2.24) is 4.90 Å². The Balaban J connectivity index is 1.91. The topological polar surface area (TPSA) is 78.9 Å². The molecule has 0 saturated heterocycles. The Morgan fingerprint density at radius 1 is 0.972 bits per heavy atom. The van der Waals surface area contributed by atoms with Crippen LogP contribution in [0.3, 0.4) is 0 Å². The number of hydrogen-bond acceptors (Lipinski definition) is 4. The number of fused-ring (bicyclic) bond motifs is 1. The van der Waals surface area contributed by atoms with E-state index in [4.69, 9.17) is 4.74 Å². The van der Waals surface area contributed by atoms with E-state index < -0.39 is 47.2 Å². The molecule has 0 aliphatic carbocycles. The fourth-order valence-corrected chi connectivity index (χ4v) is 3.85. The maximum absolute atomic E-state index is 13.2. The lowest BCUT2D eigenvalue weighted by atomic mass is 9.92. The molecule has 2 N–H and O–H groups in total. The number of ether oxygens (including phenoxy) is 1. The molecule has 196 valence electrons. The Morgan fingerprint density at radius 2 is 1.53 bits per heavy atom. The molecule has 1 heterocycles. The van der Waals surface area contributed by atoms with Crippen LogP contribution in [-0.2, 0) is 21.7 Å². The van der Waals surface area contributed by atoms with E-state index in [-0.39, 0.29) is 12.2 Å². The van der Waals surface area contributed by atoms with E-state index >= 15 is 0 Å². The Kier molecular flexibility index (Phi) is 6.82. The summed E-state index contributed by atoms with van der Waals surface area (Å²) in [5, 5.41) is 11.9. The summed E-state index contributed by atoms with van der Waals surface area (Å²) in [5.74, 6) is -0.752. The van der Waals surface area contributed by atoms with Crippen LogP contribution in [0.5, 0.6) is 0 Å². The normalized spacial score (nSPS) is 16.5. The summed E-state index contributed by atoms with van der Waals surface area (Å²) in [4.78, 5) is 27.2. The molecule has 0 bridgehead atoms. The third-order valence-corrected chi connectivity index (χ3v) is 5.51. The van der Waals surface area contributed by atoms with Crippen LogP contribution in [0, 0.1) is 6.92 Å².